The fourth-order valence-electron chi connectivity index (χ4n) is 4.47. The fourth-order valence-corrected chi connectivity index (χ4v) is 6.36. The largest absolute Gasteiger partial charge is 0.468 e. The SMILES string of the molecule is CCC(CC)COC(=O)[C@H](C)N[P@](=O)(N[C@@H](C)C(=O)OC)OC[C@@]1(C)O[C@@H](c2ccc3c(N)ncnn23)[C@H](O)[C@@H]1O. The van der Waals surface area contributed by atoms with E-state index in [1.165, 1.54) is 38.7 Å². The highest BCUT2D eigenvalue weighted by Gasteiger charge is 2.53. The van der Waals surface area contributed by atoms with E-state index in [0.29, 0.717) is 11.2 Å². The highest BCUT2D eigenvalue weighted by molar-refractivity contribution is 7.54. The van der Waals surface area contributed by atoms with Crippen LogP contribution in [0, 0.1) is 5.92 Å². The van der Waals surface area contributed by atoms with E-state index >= 15 is 0 Å². The lowest BCUT2D eigenvalue weighted by molar-refractivity contribution is -0.146. The summed E-state index contributed by atoms with van der Waals surface area (Å²) < 4.78 is 37.3. The van der Waals surface area contributed by atoms with Gasteiger partial charge < -0.3 is 34.7 Å². The van der Waals surface area contributed by atoms with Crippen LogP contribution >= 0.6 is 7.67 Å². The summed E-state index contributed by atoms with van der Waals surface area (Å²) in [5.74, 6) is -0.975. The van der Waals surface area contributed by atoms with Crippen molar-refractivity contribution in [3.05, 3.63) is 24.2 Å². The van der Waals surface area contributed by atoms with Crippen LogP contribution in [0.25, 0.3) is 5.52 Å². The van der Waals surface area contributed by atoms with Gasteiger partial charge in [0.1, 0.15) is 47.8 Å². The van der Waals surface area contributed by atoms with Gasteiger partial charge in [-0.15, -0.1) is 0 Å². The summed E-state index contributed by atoms with van der Waals surface area (Å²) >= 11 is 0. The summed E-state index contributed by atoms with van der Waals surface area (Å²) in [5, 5.41) is 31.2. The number of esters is 2. The zero-order valence-corrected chi connectivity index (χ0v) is 25.0. The van der Waals surface area contributed by atoms with Crippen LogP contribution in [-0.2, 0) is 32.9 Å². The Bertz CT molecular complexity index is 1260. The molecule has 41 heavy (non-hydrogen) atoms. The molecule has 3 rings (SSSR count). The third-order valence-electron chi connectivity index (χ3n) is 7.24. The number of rotatable bonds is 14. The number of ether oxygens (including phenoxy) is 3. The van der Waals surface area contributed by atoms with Crippen LogP contribution in [-0.4, -0.2) is 87.0 Å². The van der Waals surface area contributed by atoms with E-state index in [4.69, 9.17) is 24.5 Å². The molecule has 1 fully saturated rings. The smallest absolute Gasteiger partial charge is 0.342 e. The number of nitrogens with two attached hydrogens (primary N) is 1. The molecule has 0 amide bonds. The predicted molar refractivity (Wildman–Crippen MR) is 147 cm³/mol. The molecule has 0 radical (unpaired) electrons. The molecule has 7 atom stereocenters. The summed E-state index contributed by atoms with van der Waals surface area (Å²) in [6.07, 6.45) is -1.03. The van der Waals surface area contributed by atoms with Crippen LogP contribution in [0.3, 0.4) is 0 Å². The maximum absolute atomic E-state index is 13.9. The number of aliphatic hydroxyl groups is 2. The van der Waals surface area contributed by atoms with Crippen molar-refractivity contribution in [2.75, 3.05) is 26.1 Å². The van der Waals surface area contributed by atoms with Crippen LogP contribution in [0.2, 0.25) is 0 Å². The predicted octanol–water partition coefficient (Wildman–Crippen LogP) is 1.10. The number of aliphatic hydroxyl groups excluding tert-OH is 2. The highest BCUT2D eigenvalue weighted by atomic mass is 31.2. The van der Waals surface area contributed by atoms with E-state index < -0.39 is 62.2 Å². The third kappa shape index (κ3) is 7.41. The zero-order chi connectivity index (χ0) is 30.5. The molecule has 0 bridgehead atoms. The van der Waals surface area contributed by atoms with Crippen molar-refractivity contribution in [2.24, 2.45) is 5.92 Å². The Morgan fingerprint density at radius 1 is 1.20 bits per heavy atom. The molecule has 1 aliphatic heterocycles. The lowest BCUT2D eigenvalue weighted by atomic mass is 9.97. The molecular formula is C25H41N6O9P. The molecule has 1 saturated heterocycles. The van der Waals surface area contributed by atoms with Crippen molar-refractivity contribution in [1.82, 2.24) is 24.8 Å². The molecule has 2 aromatic heterocycles. The molecule has 230 valence electrons. The molecule has 0 aliphatic carbocycles. The number of nitrogen functional groups attached to an aromatic ring is 1. The fraction of sp³-hybridized carbons (Fsp3) is 0.680. The first-order valence-corrected chi connectivity index (χ1v) is 15.1. The number of hydrogen-bond acceptors (Lipinski definition) is 12. The van der Waals surface area contributed by atoms with E-state index in [1.54, 1.807) is 12.1 Å². The second-order valence-electron chi connectivity index (χ2n) is 10.3. The monoisotopic (exact) mass is 600 g/mol. The van der Waals surface area contributed by atoms with Crippen molar-refractivity contribution >= 4 is 30.9 Å². The van der Waals surface area contributed by atoms with Gasteiger partial charge in [0.2, 0.25) is 0 Å². The van der Waals surface area contributed by atoms with Gasteiger partial charge in [-0.25, -0.2) is 19.7 Å². The number of methoxy groups -OCH3 is 1. The molecule has 0 saturated carbocycles. The van der Waals surface area contributed by atoms with Crippen LogP contribution < -0.4 is 15.9 Å². The van der Waals surface area contributed by atoms with Crippen LogP contribution in [0.15, 0.2) is 18.5 Å². The van der Waals surface area contributed by atoms with Crippen molar-refractivity contribution < 1.29 is 43.1 Å². The first-order chi connectivity index (χ1) is 19.3. The molecule has 3 heterocycles. The third-order valence-corrected chi connectivity index (χ3v) is 9.19. The quantitative estimate of drug-likeness (QED) is 0.152. The number of nitrogens with one attached hydrogen (secondary N) is 2. The van der Waals surface area contributed by atoms with E-state index in [9.17, 15) is 24.4 Å². The Balaban J connectivity index is 1.78. The molecule has 15 nitrogen and oxygen atoms in total. The lowest BCUT2D eigenvalue weighted by Crippen LogP contribution is -2.47. The Morgan fingerprint density at radius 3 is 2.44 bits per heavy atom. The molecule has 0 unspecified atom stereocenters. The average Bonchev–Trinajstić information content (AvgIpc) is 3.47. The van der Waals surface area contributed by atoms with Gasteiger partial charge in [0.15, 0.2) is 5.82 Å². The Labute approximate surface area is 238 Å². The first-order valence-electron chi connectivity index (χ1n) is 13.5. The number of anilines is 1. The summed E-state index contributed by atoms with van der Waals surface area (Å²) in [4.78, 5) is 28.7. The van der Waals surface area contributed by atoms with Gasteiger partial charge in [-0.2, -0.15) is 5.10 Å². The molecule has 6 N–H and O–H groups in total. The Morgan fingerprint density at radius 2 is 1.83 bits per heavy atom. The molecule has 1 aliphatic rings. The van der Waals surface area contributed by atoms with E-state index in [-0.39, 0.29) is 18.3 Å². The maximum atomic E-state index is 13.9. The highest BCUT2D eigenvalue weighted by Crippen LogP contribution is 2.45. The van der Waals surface area contributed by atoms with Gasteiger partial charge in [-0.05, 0) is 38.8 Å². The number of nitrogens with zero attached hydrogens (tertiary/aromatic N) is 3. The summed E-state index contributed by atoms with van der Waals surface area (Å²) in [6.45, 7) is 8.01. The molecule has 0 spiro atoms. The topological polar surface area (TPSA) is 209 Å². The van der Waals surface area contributed by atoms with Gasteiger partial charge in [-0.1, -0.05) is 26.7 Å². The number of fused-ring (bicyclic) bond motifs is 1. The normalized spacial score (nSPS) is 25.6. The van der Waals surface area contributed by atoms with Gasteiger partial charge in [0, 0.05) is 0 Å². The maximum Gasteiger partial charge on any atom is 0.342 e. The van der Waals surface area contributed by atoms with E-state index in [1.807, 2.05) is 13.8 Å². The van der Waals surface area contributed by atoms with Crippen LogP contribution in [0.4, 0.5) is 5.82 Å². The first kappa shape index (κ1) is 32.9. The minimum Gasteiger partial charge on any atom is -0.468 e. The van der Waals surface area contributed by atoms with Gasteiger partial charge in [0.05, 0.1) is 26.0 Å². The number of carbonyl (C=O) groups excluding carboxylic acids is 2. The Kier molecular flexibility index (Phi) is 10.9. The van der Waals surface area contributed by atoms with E-state index in [0.717, 1.165) is 12.8 Å². The van der Waals surface area contributed by atoms with Crippen molar-refractivity contribution in [2.45, 2.75) is 83.5 Å². The average molecular weight is 601 g/mol. The minimum atomic E-state index is -4.20. The molecule has 2 aromatic rings. The lowest BCUT2D eigenvalue weighted by Gasteiger charge is -2.31. The van der Waals surface area contributed by atoms with Crippen LogP contribution in [0.1, 0.15) is 59.3 Å². The zero-order valence-electron chi connectivity index (χ0n) is 24.1. The van der Waals surface area contributed by atoms with Gasteiger partial charge in [-0.3, -0.25) is 14.2 Å². The Hall–Kier alpha value is -2.65. The summed E-state index contributed by atoms with van der Waals surface area (Å²) in [7, 11) is -3.02. The number of aromatic nitrogens is 3. The van der Waals surface area contributed by atoms with E-state index in [2.05, 4.69) is 20.3 Å². The summed E-state index contributed by atoms with van der Waals surface area (Å²) in [6, 6.07) is 1.10. The number of hydrogen-bond donors (Lipinski definition) is 5. The molecule has 0 aromatic carbocycles. The molecular weight excluding hydrogens is 559 g/mol. The van der Waals surface area contributed by atoms with Crippen molar-refractivity contribution in [3.63, 3.8) is 0 Å². The minimum absolute atomic E-state index is 0.188. The van der Waals surface area contributed by atoms with Crippen molar-refractivity contribution in [1.29, 1.82) is 0 Å². The summed E-state index contributed by atoms with van der Waals surface area (Å²) in [5.41, 5.74) is 5.22. The van der Waals surface area contributed by atoms with Crippen LogP contribution in [0.5, 0.6) is 0 Å². The van der Waals surface area contributed by atoms with Crippen molar-refractivity contribution in [3.8, 4) is 0 Å². The second-order valence-corrected chi connectivity index (χ2v) is 12.2. The van der Waals surface area contributed by atoms with Gasteiger partial charge in [0.25, 0.3) is 0 Å². The second kappa shape index (κ2) is 13.6. The van der Waals surface area contributed by atoms with Gasteiger partial charge >= 0.3 is 19.6 Å². The molecule has 16 heteroatoms. The standard InChI is InChI=1S/C25H41N6O9P/c1-7-16(8-2)11-38-24(35)15(4)30-41(36,29-14(3)23(34)37-6)39-12-25(5)21(33)19(32)20(40-25)17-9-10-18-22(26)27-13-28-31(17)18/h9-10,13-16,19-21,32-33H,7-8,11-12H2,1-6H3,(H2,26,27,28)(H2,29,30,36)/t14-,15-,19-,20-,21-,25+,41-/m0/s1. The number of carbonyl (C=O) groups is 2.